The van der Waals surface area contributed by atoms with Crippen molar-refractivity contribution < 1.29 is 43.1 Å². The zero-order valence-corrected chi connectivity index (χ0v) is 31.3. The van der Waals surface area contributed by atoms with Gasteiger partial charge in [-0.05, 0) is 24.3 Å². The Hall–Kier alpha value is -5.42. The number of para-hydroxylation sites is 2. The minimum atomic E-state index is -0.753. The molecule has 6 rings (SSSR count). The first-order chi connectivity index (χ1) is 26.2. The predicted molar refractivity (Wildman–Crippen MR) is 203 cm³/mol. The minimum absolute atomic E-state index is 0.0815. The Morgan fingerprint density at radius 1 is 0.981 bits per heavy atom. The van der Waals surface area contributed by atoms with Gasteiger partial charge in [-0.2, -0.15) is 9.97 Å². The summed E-state index contributed by atoms with van der Waals surface area (Å²) in [4.78, 5) is 41.6. The molecule has 3 aromatic carbocycles. The Balaban J connectivity index is 1.23. The zero-order valence-electron chi connectivity index (χ0n) is 30.5. The van der Waals surface area contributed by atoms with E-state index in [-0.39, 0.29) is 47.4 Å². The third kappa shape index (κ3) is 8.52. The van der Waals surface area contributed by atoms with Gasteiger partial charge < -0.3 is 33.5 Å². The molecule has 0 aliphatic carbocycles. The molecule has 0 saturated carbocycles. The first-order valence-electron chi connectivity index (χ1n) is 17.2. The van der Waals surface area contributed by atoms with Gasteiger partial charge in [0.25, 0.3) is 5.88 Å². The second-order valence-corrected chi connectivity index (χ2v) is 13.4. The maximum atomic E-state index is 13.9. The quantitative estimate of drug-likeness (QED) is 0.0897. The Labute approximate surface area is 316 Å². The number of nitrogens with zero attached hydrogens (tertiary/aromatic N) is 5. The normalized spacial score (nSPS) is 16.7. The summed E-state index contributed by atoms with van der Waals surface area (Å²) < 4.78 is 36.6. The molecule has 1 aliphatic rings. The lowest BCUT2D eigenvalue weighted by Crippen LogP contribution is -2.29. The van der Waals surface area contributed by atoms with E-state index in [1.807, 2.05) is 36.4 Å². The molecular formula is C38H42N6O9S. The number of imidazole rings is 1. The van der Waals surface area contributed by atoms with Gasteiger partial charge in [0.1, 0.15) is 29.6 Å². The molecule has 2 N–H and O–H groups in total. The smallest absolute Gasteiger partial charge is 0.425 e. The van der Waals surface area contributed by atoms with E-state index in [0.29, 0.717) is 40.8 Å². The van der Waals surface area contributed by atoms with Gasteiger partial charge in [0.15, 0.2) is 11.2 Å². The van der Waals surface area contributed by atoms with Crippen LogP contribution >= 0.6 is 11.8 Å². The number of amides is 2. The summed E-state index contributed by atoms with van der Waals surface area (Å²) in [6.07, 6.45) is -0.709. The molecular weight excluding hydrogens is 717 g/mol. The maximum absolute atomic E-state index is 13.9. The van der Waals surface area contributed by atoms with Crippen LogP contribution in [-0.4, -0.2) is 82.7 Å². The van der Waals surface area contributed by atoms with Gasteiger partial charge in [-0.1, -0.05) is 50.2 Å². The fourth-order valence-electron chi connectivity index (χ4n) is 5.84. The van der Waals surface area contributed by atoms with Crippen molar-refractivity contribution in [3.8, 4) is 23.1 Å². The average molecular weight is 759 g/mol. The first-order valence-corrected chi connectivity index (χ1v) is 18.3. The van der Waals surface area contributed by atoms with Gasteiger partial charge >= 0.3 is 6.09 Å². The molecule has 16 heteroatoms. The van der Waals surface area contributed by atoms with Gasteiger partial charge in [-0.25, -0.2) is 14.7 Å². The number of aliphatic hydroxyl groups excluding tert-OH is 1. The Kier molecular flexibility index (Phi) is 12.5. The number of thioether (sulfide) groups is 1. The molecule has 3 heterocycles. The van der Waals surface area contributed by atoms with Gasteiger partial charge in [0.05, 0.1) is 57.7 Å². The molecule has 2 amide bonds. The number of rotatable bonds is 15. The van der Waals surface area contributed by atoms with Crippen molar-refractivity contribution in [1.82, 2.24) is 19.5 Å². The van der Waals surface area contributed by atoms with Crippen LogP contribution < -0.4 is 29.2 Å². The molecule has 3 atom stereocenters. The van der Waals surface area contributed by atoms with Crippen molar-refractivity contribution >= 4 is 52.2 Å². The van der Waals surface area contributed by atoms with Crippen molar-refractivity contribution in [2.45, 2.75) is 44.5 Å². The summed E-state index contributed by atoms with van der Waals surface area (Å²) in [5.41, 5.74) is 2.40. The van der Waals surface area contributed by atoms with Crippen molar-refractivity contribution in [1.29, 1.82) is 0 Å². The molecule has 1 aliphatic heterocycles. The van der Waals surface area contributed by atoms with Crippen molar-refractivity contribution in [2.24, 2.45) is 5.92 Å². The minimum Gasteiger partial charge on any atom is -0.496 e. The average Bonchev–Trinajstić information content (AvgIpc) is 3.81. The third-order valence-corrected chi connectivity index (χ3v) is 9.44. The SMILES string of the molecule is COc1cc(OC)c(CSCO[C@@H]2C[C@H](n3cnc4c(OC(=O)N(c5ccccc5)c5ccccc5)nc(NC(=O)C(C)C)nc43)O[C@@H]2CO)c(OC)c1. The lowest BCUT2D eigenvalue weighted by atomic mass is 10.2. The number of hydrogen-bond donors (Lipinski definition) is 2. The van der Waals surface area contributed by atoms with E-state index in [1.54, 1.807) is 76.1 Å². The molecule has 0 unspecified atom stereocenters. The second kappa shape index (κ2) is 17.6. The lowest BCUT2D eigenvalue weighted by Gasteiger charge is -2.22. The standard InChI is InChI=1S/C38H42N6O9S/c1-23(2)35(46)41-37-40-34-33(36(42-37)53-38(47)44(24-12-8-6-9-13-24)25-14-10-7-11-15-25)39-21-43(34)32-18-30(31(19-45)52-32)51-22-54-20-27-28(49-4)16-26(48-3)17-29(27)50-5/h6-17,21,23,30-32,45H,18-20,22H2,1-5H3,(H,40,41,42,46)/t30-,31-,32-/m1/s1. The summed E-state index contributed by atoms with van der Waals surface area (Å²) in [5.74, 6) is 1.74. The summed E-state index contributed by atoms with van der Waals surface area (Å²) in [5, 5.41) is 13.0. The molecule has 0 bridgehead atoms. The Morgan fingerprint density at radius 3 is 2.20 bits per heavy atom. The number of aromatic nitrogens is 4. The van der Waals surface area contributed by atoms with Crippen LogP contribution in [-0.2, 0) is 20.0 Å². The highest BCUT2D eigenvalue weighted by molar-refractivity contribution is 7.98. The monoisotopic (exact) mass is 758 g/mol. The van der Waals surface area contributed by atoms with Gasteiger partial charge in [0, 0.05) is 35.8 Å². The number of carbonyl (C=O) groups is 2. The number of hydrogen-bond acceptors (Lipinski definition) is 13. The van der Waals surface area contributed by atoms with E-state index in [9.17, 15) is 14.7 Å². The number of nitrogens with one attached hydrogen (secondary N) is 1. The van der Waals surface area contributed by atoms with Crippen LogP contribution in [0.2, 0.25) is 0 Å². The molecule has 2 aromatic heterocycles. The van der Waals surface area contributed by atoms with E-state index in [4.69, 9.17) is 28.4 Å². The van der Waals surface area contributed by atoms with Crippen LogP contribution in [0.1, 0.15) is 32.1 Å². The highest BCUT2D eigenvalue weighted by Crippen LogP contribution is 2.38. The molecule has 1 fully saturated rings. The van der Waals surface area contributed by atoms with E-state index in [1.165, 1.54) is 23.0 Å². The van der Waals surface area contributed by atoms with E-state index >= 15 is 0 Å². The fraction of sp³-hybridized carbons (Fsp3) is 0.342. The summed E-state index contributed by atoms with van der Waals surface area (Å²) in [6, 6.07) is 21.7. The number of methoxy groups -OCH3 is 3. The van der Waals surface area contributed by atoms with Gasteiger partial charge in [-0.3, -0.25) is 14.7 Å². The van der Waals surface area contributed by atoms with Gasteiger partial charge in [-0.15, -0.1) is 11.8 Å². The van der Waals surface area contributed by atoms with E-state index in [2.05, 4.69) is 20.3 Å². The van der Waals surface area contributed by atoms with Crippen LogP contribution in [0, 0.1) is 5.92 Å². The van der Waals surface area contributed by atoms with Crippen LogP contribution in [0.4, 0.5) is 22.1 Å². The molecule has 1 saturated heterocycles. The van der Waals surface area contributed by atoms with Crippen molar-refractivity contribution in [3.63, 3.8) is 0 Å². The summed E-state index contributed by atoms with van der Waals surface area (Å²) >= 11 is 1.50. The van der Waals surface area contributed by atoms with E-state index in [0.717, 1.165) is 5.56 Å². The fourth-order valence-corrected chi connectivity index (χ4v) is 6.68. The molecule has 284 valence electrons. The largest absolute Gasteiger partial charge is 0.496 e. The summed E-state index contributed by atoms with van der Waals surface area (Å²) in [6.45, 7) is 3.18. The van der Waals surface area contributed by atoms with Crippen LogP contribution in [0.5, 0.6) is 23.1 Å². The lowest BCUT2D eigenvalue weighted by molar-refractivity contribution is -0.118. The Morgan fingerprint density at radius 2 is 1.63 bits per heavy atom. The topological polar surface area (TPSA) is 169 Å². The van der Waals surface area contributed by atoms with Crippen LogP contribution in [0.3, 0.4) is 0 Å². The number of anilines is 3. The van der Waals surface area contributed by atoms with E-state index < -0.39 is 24.5 Å². The number of ether oxygens (including phenoxy) is 6. The third-order valence-electron chi connectivity index (χ3n) is 8.64. The number of fused-ring (bicyclic) bond motifs is 1. The van der Waals surface area contributed by atoms with Crippen LogP contribution in [0.15, 0.2) is 79.1 Å². The van der Waals surface area contributed by atoms with Crippen molar-refractivity contribution in [3.05, 3.63) is 84.7 Å². The highest BCUT2D eigenvalue weighted by Gasteiger charge is 2.38. The van der Waals surface area contributed by atoms with Crippen LogP contribution in [0.25, 0.3) is 11.2 Å². The second-order valence-electron chi connectivity index (χ2n) is 12.4. The van der Waals surface area contributed by atoms with Gasteiger partial charge in [0.2, 0.25) is 11.9 Å². The summed E-state index contributed by atoms with van der Waals surface area (Å²) in [7, 11) is 4.75. The molecule has 5 aromatic rings. The molecule has 0 spiro atoms. The zero-order chi connectivity index (χ0) is 38.2. The molecule has 0 radical (unpaired) electrons. The maximum Gasteiger partial charge on any atom is 0.425 e. The molecule has 54 heavy (non-hydrogen) atoms. The first kappa shape index (κ1) is 38.3. The Bertz CT molecular complexity index is 1990. The number of benzene rings is 3. The highest BCUT2D eigenvalue weighted by atomic mass is 32.2. The number of aliphatic hydroxyl groups is 1. The number of carbonyl (C=O) groups excluding carboxylic acids is 2. The predicted octanol–water partition coefficient (Wildman–Crippen LogP) is 6.34. The van der Waals surface area contributed by atoms with Crippen molar-refractivity contribution in [2.75, 3.05) is 44.1 Å². The molecule has 15 nitrogen and oxygen atoms in total.